The van der Waals surface area contributed by atoms with Crippen LogP contribution in [0.3, 0.4) is 0 Å². The molecule has 0 aliphatic heterocycles. The molecule has 2 nitrogen and oxygen atoms in total. The highest BCUT2D eigenvalue weighted by Crippen LogP contribution is 2.61. The lowest BCUT2D eigenvalue weighted by molar-refractivity contribution is -0.0226. The van der Waals surface area contributed by atoms with Gasteiger partial charge in [0.1, 0.15) is 5.75 Å². The molecule has 3 aliphatic rings. The summed E-state index contributed by atoms with van der Waals surface area (Å²) in [6.45, 7) is 6.14. The molecule has 1 aromatic carbocycles. The summed E-state index contributed by atoms with van der Waals surface area (Å²) in [5.41, 5.74) is 3.76. The van der Waals surface area contributed by atoms with Crippen LogP contribution in [0.5, 0.6) is 5.75 Å². The zero-order chi connectivity index (χ0) is 15.5. The molecule has 118 valence electrons. The average molecular weight is 298 g/mol. The minimum Gasteiger partial charge on any atom is -0.507 e. The number of aryl methyl sites for hydroxylation is 1. The molecule has 4 rings (SSSR count). The molecular weight excluding hydrogens is 272 g/mol. The first-order valence-corrected chi connectivity index (χ1v) is 8.71. The van der Waals surface area contributed by atoms with E-state index in [0.717, 1.165) is 24.8 Å². The van der Waals surface area contributed by atoms with Crippen molar-refractivity contribution in [3.8, 4) is 5.75 Å². The number of benzene rings is 1. The molecule has 2 N–H and O–H groups in total. The van der Waals surface area contributed by atoms with Crippen LogP contribution in [-0.4, -0.2) is 16.3 Å². The van der Waals surface area contributed by atoms with Crippen molar-refractivity contribution in [1.82, 2.24) is 0 Å². The van der Waals surface area contributed by atoms with Crippen LogP contribution in [-0.2, 0) is 6.42 Å². The Labute approximate surface area is 132 Å². The van der Waals surface area contributed by atoms with Crippen LogP contribution in [0, 0.1) is 17.3 Å². The summed E-state index contributed by atoms with van der Waals surface area (Å²) in [7, 11) is 0. The first kappa shape index (κ1) is 14.3. The lowest BCUT2D eigenvalue weighted by atomic mass is 9.55. The molecule has 22 heavy (non-hydrogen) atoms. The van der Waals surface area contributed by atoms with Gasteiger partial charge >= 0.3 is 0 Å². The van der Waals surface area contributed by atoms with Gasteiger partial charge in [-0.25, -0.2) is 0 Å². The summed E-state index contributed by atoms with van der Waals surface area (Å²) >= 11 is 0. The molecule has 0 radical (unpaired) electrons. The Hall–Kier alpha value is -1.28. The lowest BCUT2D eigenvalue weighted by Gasteiger charge is -2.50. The van der Waals surface area contributed by atoms with Gasteiger partial charge in [0.05, 0.1) is 6.10 Å². The van der Waals surface area contributed by atoms with E-state index >= 15 is 0 Å². The number of aromatic hydroxyl groups is 1. The minimum atomic E-state index is -0.108. The van der Waals surface area contributed by atoms with E-state index in [0.29, 0.717) is 23.5 Å². The fraction of sp³-hybridized carbons (Fsp3) is 0.600. The van der Waals surface area contributed by atoms with E-state index in [-0.39, 0.29) is 11.5 Å². The average Bonchev–Trinajstić information content (AvgIpc) is 2.82. The summed E-state index contributed by atoms with van der Waals surface area (Å²) in [6.07, 6.45) is 8.37. The van der Waals surface area contributed by atoms with Crippen molar-refractivity contribution in [2.45, 2.75) is 57.5 Å². The van der Waals surface area contributed by atoms with E-state index in [2.05, 4.69) is 19.6 Å². The molecule has 0 unspecified atom stereocenters. The third kappa shape index (κ3) is 1.83. The summed E-state index contributed by atoms with van der Waals surface area (Å²) in [5.74, 6) is 2.33. The predicted molar refractivity (Wildman–Crippen MR) is 88.8 cm³/mol. The topological polar surface area (TPSA) is 40.5 Å². The Morgan fingerprint density at radius 1 is 1.23 bits per heavy atom. The highest BCUT2D eigenvalue weighted by Gasteiger charge is 2.54. The van der Waals surface area contributed by atoms with Crippen molar-refractivity contribution in [1.29, 1.82) is 0 Å². The van der Waals surface area contributed by atoms with Crippen molar-refractivity contribution in [3.63, 3.8) is 0 Å². The summed E-state index contributed by atoms with van der Waals surface area (Å²) in [5, 5.41) is 20.5. The third-order valence-corrected chi connectivity index (χ3v) is 7.04. The summed E-state index contributed by atoms with van der Waals surface area (Å²) < 4.78 is 0. The molecule has 5 atom stereocenters. The van der Waals surface area contributed by atoms with Crippen LogP contribution < -0.4 is 0 Å². The van der Waals surface area contributed by atoms with Crippen molar-refractivity contribution in [3.05, 3.63) is 35.4 Å². The molecule has 1 aromatic rings. The van der Waals surface area contributed by atoms with Gasteiger partial charge in [0.25, 0.3) is 0 Å². The van der Waals surface area contributed by atoms with Gasteiger partial charge in [0.15, 0.2) is 0 Å². The van der Waals surface area contributed by atoms with Gasteiger partial charge in [0.2, 0.25) is 0 Å². The van der Waals surface area contributed by atoms with Crippen LogP contribution in [0.2, 0.25) is 0 Å². The number of aliphatic hydroxyl groups is 1. The minimum absolute atomic E-state index is 0.108. The Morgan fingerprint density at radius 3 is 2.82 bits per heavy atom. The second-order valence-corrected chi connectivity index (χ2v) is 7.87. The number of hydrogen-bond acceptors (Lipinski definition) is 2. The normalized spacial score (nSPS) is 39.7. The number of phenols is 1. The van der Waals surface area contributed by atoms with E-state index < -0.39 is 0 Å². The van der Waals surface area contributed by atoms with Crippen LogP contribution in [0.25, 0.3) is 6.08 Å². The molecule has 3 aliphatic carbocycles. The van der Waals surface area contributed by atoms with Crippen LogP contribution >= 0.6 is 0 Å². The van der Waals surface area contributed by atoms with Gasteiger partial charge in [-0.3, -0.25) is 0 Å². The van der Waals surface area contributed by atoms with Crippen molar-refractivity contribution in [2.75, 3.05) is 0 Å². The number of fused-ring (bicyclic) bond motifs is 5. The van der Waals surface area contributed by atoms with Gasteiger partial charge in [-0.2, -0.15) is 0 Å². The maximum Gasteiger partial charge on any atom is 0.123 e. The standard InChI is InChI=1S/C20H26O2/c1-3-12-10-16-13(11-18(12)21)4-5-15-14(16)8-9-20(2)17(15)6-7-19(20)22/h3,10-11,14-15,17,19,21-22H,1,4-9H2,2H3/t14-,15-,17-,19-,20-/m0/s1. The van der Waals surface area contributed by atoms with Gasteiger partial charge in [-0.1, -0.05) is 19.6 Å². The number of hydrogen-bond donors (Lipinski definition) is 2. The van der Waals surface area contributed by atoms with Crippen molar-refractivity contribution >= 4 is 6.08 Å². The highest BCUT2D eigenvalue weighted by atomic mass is 16.3. The quantitative estimate of drug-likeness (QED) is 0.813. The van der Waals surface area contributed by atoms with E-state index in [1.807, 2.05) is 6.07 Å². The molecule has 0 amide bonds. The second kappa shape index (κ2) is 4.86. The zero-order valence-corrected chi connectivity index (χ0v) is 13.4. The largest absolute Gasteiger partial charge is 0.507 e. The number of aliphatic hydroxyl groups excluding tert-OH is 1. The van der Waals surface area contributed by atoms with Gasteiger partial charge < -0.3 is 10.2 Å². The van der Waals surface area contributed by atoms with Gasteiger partial charge in [0, 0.05) is 5.56 Å². The maximum absolute atomic E-state index is 10.4. The van der Waals surface area contributed by atoms with E-state index in [1.54, 1.807) is 6.08 Å². The smallest absolute Gasteiger partial charge is 0.123 e. The summed E-state index contributed by atoms with van der Waals surface area (Å²) in [4.78, 5) is 0. The Kier molecular flexibility index (Phi) is 3.16. The monoisotopic (exact) mass is 298 g/mol. The Morgan fingerprint density at radius 2 is 2.05 bits per heavy atom. The fourth-order valence-corrected chi connectivity index (χ4v) is 5.76. The molecule has 0 aromatic heterocycles. The van der Waals surface area contributed by atoms with Crippen molar-refractivity contribution in [2.24, 2.45) is 17.3 Å². The van der Waals surface area contributed by atoms with Crippen molar-refractivity contribution < 1.29 is 10.2 Å². The van der Waals surface area contributed by atoms with Crippen LogP contribution in [0.15, 0.2) is 18.7 Å². The first-order valence-electron chi connectivity index (χ1n) is 8.71. The van der Waals surface area contributed by atoms with Crippen LogP contribution in [0.1, 0.15) is 61.6 Å². The Balaban J connectivity index is 1.74. The Bertz CT molecular complexity index is 620. The molecule has 0 bridgehead atoms. The number of phenolic OH excluding ortho intramolecular Hbond substituents is 1. The molecule has 2 fully saturated rings. The van der Waals surface area contributed by atoms with Crippen LogP contribution in [0.4, 0.5) is 0 Å². The molecule has 0 saturated heterocycles. The van der Waals surface area contributed by atoms with E-state index in [1.165, 1.54) is 30.4 Å². The van der Waals surface area contributed by atoms with Gasteiger partial charge in [-0.05, 0) is 85.0 Å². The predicted octanol–water partition coefficient (Wildman–Crippen LogP) is 4.25. The number of rotatable bonds is 1. The second-order valence-electron chi connectivity index (χ2n) is 7.87. The first-order chi connectivity index (χ1) is 10.5. The molecule has 2 heteroatoms. The highest BCUT2D eigenvalue weighted by molar-refractivity contribution is 5.59. The SMILES string of the molecule is C=Cc1cc2c(cc1O)CC[C@H]1[C@@H]2CC[C@]2(C)[C@@H](O)CC[C@@H]12. The summed E-state index contributed by atoms with van der Waals surface area (Å²) in [6, 6.07) is 4.13. The molecule has 0 spiro atoms. The van der Waals surface area contributed by atoms with Gasteiger partial charge in [-0.15, -0.1) is 0 Å². The third-order valence-electron chi connectivity index (χ3n) is 7.04. The molecule has 2 saturated carbocycles. The maximum atomic E-state index is 10.4. The fourth-order valence-electron chi connectivity index (χ4n) is 5.76. The van der Waals surface area contributed by atoms with E-state index in [4.69, 9.17) is 0 Å². The lowest BCUT2D eigenvalue weighted by Crippen LogP contribution is -2.43. The zero-order valence-electron chi connectivity index (χ0n) is 13.4. The molecular formula is C20H26O2. The molecule has 0 heterocycles. The van der Waals surface area contributed by atoms with E-state index in [9.17, 15) is 10.2 Å².